The largest absolute Gasteiger partial charge is 0.343 e. The lowest BCUT2D eigenvalue weighted by Gasteiger charge is -2.07. The second-order valence-corrected chi connectivity index (χ2v) is 4.98. The van der Waals surface area contributed by atoms with Crippen LogP contribution in [0.4, 0.5) is 11.4 Å². The number of anilines is 1. The molecule has 0 saturated carbocycles. The van der Waals surface area contributed by atoms with Gasteiger partial charge in [-0.2, -0.15) is 0 Å². The Bertz CT molecular complexity index is 747. The minimum Gasteiger partial charge on any atom is -0.343 e. The van der Waals surface area contributed by atoms with Gasteiger partial charge < -0.3 is 10.6 Å². The maximum absolute atomic E-state index is 11.9. The number of non-ortho nitro benzene ring substituents is 1. The molecule has 0 spiro atoms. The first-order valence-electron chi connectivity index (χ1n) is 6.54. The van der Waals surface area contributed by atoms with E-state index in [1.54, 1.807) is 24.3 Å². The highest BCUT2D eigenvalue weighted by molar-refractivity contribution is 6.30. The lowest BCUT2D eigenvalue weighted by molar-refractivity contribution is -0.384. The normalized spacial score (nSPS) is 9.96. The number of benzene rings is 2. The summed E-state index contributed by atoms with van der Waals surface area (Å²) in [5, 5.41) is 16.2. The minimum atomic E-state index is -0.593. The average Bonchev–Trinajstić information content (AvgIpc) is 2.55. The van der Waals surface area contributed by atoms with Gasteiger partial charge in [0.2, 0.25) is 5.91 Å². The van der Waals surface area contributed by atoms with Crippen molar-refractivity contribution in [3.05, 3.63) is 69.2 Å². The number of carbonyl (C=O) groups excluding carboxylic acids is 2. The molecule has 0 aliphatic heterocycles. The monoisotopic (exact) mass is 333 g/mol. The summed E-state index contributed by atoms with van der Waals surface area (Å²) in [6, 6.07) is 11.8. The van der Waals surface area contributed by atoms with Crippen LogP contribution in [0.2, 0.25) is 5.02 Å². The summed E-state index contributed by atoms with van der Waals surface area (Å²) >= 11 is 5.74. The molecule has 0 fully saturated rings. The summed E-state index contributed by atoms with van der Waals surface area (Å²) in [5.74, 6) is -0.994. The van der Waals surface area contributed by atoms with E-state index in [1.165, 1.54) is 18.2 Å². The van der Waals surface area contributed by atoms with Crippen LogP contribution in [0.3, 0.4) is 0 Å². The fourth-order valence-electron chi connectivity index (χ4n) is 1.76. The summed E-state index contributed by atoms with van der Waals surface area (Å²) in [6.45, 7) is -0.260. The molecule has 8 heteroatoms. The predicted octanol–water partition coefficient (Wildman–Crippen LogP) is 2.62. The van der Waals surface area contributed by atoms with Gasteiger partial charge in [-0.25, -0.2) is 0 Å². The number of carbonyl (C=O) groups is 2. The van der Waals surface area contributed by atoms with Crippen LogP contribution in [0.5, 0.6) is 0 Å². The smallest absolute Gasteiger partial charge is 0.270 e. The maximum atomic E-state index is 11.9. The van der Waals surface area contributed by atoms with Crippen LogP contribution in [0.1, 0.15) is 10.4 Å². The molecule has 2 aromatic rings. The second kappa shape index (κ2) is 7.37. The van der Waals surface area contributed by atoms with E-state index in [-0.39, 0.29) is 17.8 Å². The number of nitro groups is 1. The Morgan fingerprint density at radius 3 is 2.48 bits per heavy atom. The highest BCUT2D eigenvalue weighted by Gasteiger charge is 2.12. The van der Waals surface area contributed by atoms with Gasteiger partial charge in [0, 0.05) is 28.4 Å². The summed E-state index contributed by atoms with van der Waals surface area (Å²) < 4.78 is 0. The van der Waals surface area contributed by atoms with Crippen LogP contribution >= 0.6 is 11.6 Å². The summed E-state index contributed by atoms with van der Waals surface area (Å²) in [4.78, 5) is 33.7. The SMILES string of the molecule is O=C(CNC(=O)c1cccc([N+](=O)[O-])c1)Nc1ccc(Cl)cc1. The van der Waals surface area contributed by atoms with Gasteiger partial charge in [-0.15, -0.1) is 0 Å². The fraction of sp³-hybridized carbons (Fsp3) is 0.0667. The molecule has 0 aliphatic carbocycles. The van der Waals surface area contributed by atoms with Gasteiger partial charge in [0.05, 0.1) is 11.5 Å². The molecule has 0 saturated heterocycles. The van der Waals surface area contributed by atoms with E-state index in [0.29, 0.717) is 10.7 Å². The first-order chi connectivity index (χ1) is 11.0. The molecular formula is C15H12ClN3O4. The third kappa shape index (κ3) is 4.79. The zero-order valence-electron chi connectivity index (χ0n) is 11.8. The highest BCUT2D eigenvalue weighted by Crippen LogP contribution is 2.14. The molecule has 23 heavy (non-hydrogen) atoms. The van der Waals surface area contributed by atoms with Crippen molar-refractivity contribution in [3.63, 3.8) is 0 Å². The van der Waals surface area contributed by atoms with Crippen molar-refractivity contribution in [3.8, 4) is 0 Å². The first kappa shape index (κ1) is 16.4. The van der Waals surface area contributed by atoms with Crippen LogP contribution in [-0.2, 0) is 4.79 Å². The summed E-state index contributed by atoms with van der Waals surface area (Å²) in [5.41, 5.74) is 0.464. The Hall–Kier alpha value is -2.93. The Labute approximate surface area is 136 Å². The van der Waals surface area contributed by atoms with Crippen LogP contribution in [0, 0.1) is 10.1 Å². The van der Waals surface area contributed by atoms with Gasteiger partial charge in [0.25, 0.3) is 11.6 Å². The van der Waals surface area contributed by atoms with Crippen molar-refractivity contribution >= 4 is 34.8 Å². The molecule has 0 atom stereocenters. The first-order valence-corrected chi connectivity index (χ1v) is 6.91. The molecule has 0 aromatic heterocycles. The number of halogens is 1. The van der Waals surface area contributed by atoms with Gasteiger partial charge in [-0.05, 0) is 30.3 Å². The van der Waals surface area contributed by atoms with Crippen LogP contribution in [0.15, 0.2) is 48.5 Å². The Morgan fingerprint density at radius 1 is 1.13 bits per heavy atom. The molecule has 2 amide bonds. The summed E-state index contributed by atoms with van der Waals surface area (Å²) in [6.07, 6.45) is 0. The molecule has 2 N–H and O–H groups in total. The lowest BCUT2D eigenvalue weighted by Crippen LogP contribution is -2.32. The Morgan fingerprint density at radius 2 is 1.83 bits per heavy atom. The number of hydrogen-bond acceptors (Lipinski definition) is 4. The van der Waals surface area contributed by atoms with Gasteiger partial charge in [0.15, 0.2) is 0 Å². The molecule has 118 valence electrons. The molecular weight excluding hydrogens is 322 g/mol. The van der Waals surface area contributed by atoms with Gasteiger partial charge in [-0.1, -0.05) is 17.7 Å². The van der Waals surface area contributed by atoms with Gasteiger partial charge in [-0.3, -0.25) is 19.7 Å². The van der Waals surface area contributed by atoms with Crippen molar-refractivity contribution in [1.82, 2.24) is 5.32 Å². The molecule has 0 unspecified atom stereocenters. The topological polar surface area (TPSA) is 101 Å². The fourth-order valence-corrected chi connectivity index (χ4v) is 1.89. The number of rotatable bonds is 5. The number of nitrogens with one attached hydrogen (secondary N) is 2. The highest BCUT2D eigenvalue weighted by atomic mass is 35.5. The number of nitro benzene ring substituents is 1. The molecule has 7 nitrogen and oxygen atoms in total. The second-order valence-electron chi connectivity index (χ2n) is 4.55. The van der Waals surface area contributed by atoms with Gasteiger partial charge >= 0.3 is 0 Å². The number of amides is 2. The maximum Gasteiger partial charge on any atom is 0.270 e. The van der Waals surface area contributed by atoms with Crippen molar-refractivity contribution in [2.24, 2.45) is 0 Å². The quantitative estimate of drug-likeness (QED) is 0.648. The lowest BCUT2D eigenvalue weighted by atomic mass is 10.2. The Kier molecular flexibility index (Phi) is 5.27. The van der Waals surface area contributed by atoms with E-state index >= 15 is 0 Å². The van der Waals surface area contributed by atoms with Crippen molar-refractivity contribution in [1.29, 1.82) is 0 Å². The third-order valence-corrected chi connectivity index (χ3v) is 3.11. The van der Waals surface area contributed by atoms with Crippen LogP contribution in [0.25, 0.3) is 0 Å². The van der Waals surface area contributed by atoms with E-state index < -0.39 is 16.7 Å². The zero-order chi connectivity index (χ0) is 16.8. The van der Waals surface area contributed by atoms with E-state index in [9.17, 15) is 19.7 Å². The predicted molar refractivity (Wildman–Crippen MR) is 85.5 cm³/mol. The molecule has 2 rings (SSSR count). The van der Waals surface area contributed by atoms with Crippen molar-refractivity contribution < 1.29 is 14.5 Å². The average molecular weight is 334 g/mol. The zero-order valence-corrected chi connectivity index (χ0v) is 12.5. The van der Waals surface area contributed by atoms with Crippen molar-refractivity contribution in [2.75, 3.05) is 11.9 Å². The van der Waals surface area contributed by atoms with E-state index in [2.05, 4.69) is 10.6 Å². The molecule has 0 radical (unpaired) electrons. The molecule has 2 aromatic carbocycles. The van der Waals surface area contributed by atoms with Crippen LogP contribution < -0.4 is 10.6 Å². The van der Waals surface area contributed by atoms with E-state index in [4.69, 9.17) is 11.6 Å². The number of nitrogens with zero attached hydrogens (tertiary/aromatic N) is 1. The molecule has 0 heterocycles. The minimum absolute atomic E-state index is 0.110. The standard InChI is InChI=1S/C15H12ClN3O4/c16-11-4-6-12(7-5-11)18-14(20)9-17-15(21)10-2-1-3-13(8-10)19(22)23/h1-8H,9H2,(H,17,21)(H,18,20). The van der Waals surface area contributed by atoms with Crippen molar-refractivity contribution in [2.45, 2.75) is 0 Å². The number of hydrogen-bond donors (Lipinski definition) is 2. The summed E-state index contributed by atoms with van der Waals surface area (Å²) in [7, 11) is 0. The molecule has 0 aliphatic rings. The third-order valence-electron chi connectivity index (χ3n) is 2.86. The molecule has 0 bridgehead atoms. The van der Waals surface area contributed by atoms with E-state index in [0.717, 1.165) is 6.07 Å². The van der Waals surface area contributed by atoms with Gasteiger partial charge in [0.1, 0.15) is 0 Å². The Balaban J connectivity index is 1.91. The van der Waals surface area contributed by atoms with E-state index in [1.807, 2.05) is 0 Å². The van der Waals surface area contributed by atoms with Crippen LogP contribution in [-0.4, -0.2) is 23.3 Å².